The van der Waals surface area contributed by atoms with Gasteiger partial charge in [0.2, 0.25) is 0 Å². The van der Waals surface area contributed by atoms with Crippen LogP contribution < -0.4 is 0 Å². The first-order valence-electron chi connectivity index (χ1n) is 4.80. The summed E-state index contributed by atoms with van der Waals surface area (Å²) in [7, 11) is -2.93. The van der Waals surface area contributed by atoms with Crippen LogP contribution in [0.5, 0.6) is 0 Å². The predicted octanol–water partition coefficient (Wildman–Crippen LogP) is 1.66. The Morgan fingerprint density at radius 1 is 1.44 bits per heavy atom. The summed E-state index contributed by atoms with van der Waals surface area (Å²) in [5, 5.41) is 6.31. The molecule has 0 aromatic carbocycles. The van der Waals surface area contributed by atoms with E-state index in [1.54, 1.807) is 22.2 Å². The Labute approximate surface area is 98.5 Å². The van der Waals surface area contributed by atoms with Crippen LogP contribution in [0.15, 0.2) is 29.8 Å². The number of rotatable bonds is 4. The fraction of sp³-hybridized carbons (Fsp3) is 0.300. The molecule has 0 bridgehead atoms. The maximum Gasteiger partial charge on any atom is 0.149 e. The highest BCUT2D eigenvalue weighted by Gasteiger charge is 2.06. The van der Waals surface area contributed by atoms with E-state index in [0.717, 1.165) is 10.6 Å². The molecule has 0 aliphatic carbocycles. The molecule has 0 fully saturated rings. The minimum atomic E-state index is -2.93. The molecule has 0 saturated heterocycles. The summed E-state index contributed by atoms with van der Waals surface area (Å²) in [6.45, 7) is 0.407. The third-order valence-electron chi connectivity index (χ3n) is 2.11. The Bertz CT molecular complexity index is 555. The maximum absolute atomic E-state index is 11.0. The van der Waals surface area contributed by atoms with Gasteiger partial charge < -0.3 is 0 Å². The van der Waals surface area contributed by atoms with Crippen LogP contribution in [0.3, 0.4) is 0 Å². The van der Waals surface area contributed by atoms with E-state index in [4.69, 9.17) is 0 Å². The van der Waals surface area contributed by atoms with Crippen molar-refractivity contribution >= 4 is 21.2 Å². The Hall–Kier alpha value is -1.14. The van der Waals surface area contributed by atoms with Crippen molar-refractivity contribution in [2.75, 3.05) is 12.0 Å². The van der Waals surface area contributed by atoms with Gasteiger partial charge in [-0.25, -0.2) is 8.42 Å². The molecule has 6 heteroatoms. The number of thiophene rings is 1. The number of hydrogen-bond donors (Lipinski definition) is 0. The van der Waals surface area contributed by atoms with Crippen molar-refractivity contribution in [2.45, 2.75) is 6.54 Å². The van der Waals surface area contributed by atoms with Crippen molar-refractivity contribution in [1.29, 1.82) is 0 Å². The van der Waals surface area contributed by atoms with Crippen LogP contribution in [-0.4, -0.2) is 30.2 Å². The van der Waals surface area contributed by atoms with Gasteiger partial charge in [0.05, 0.1) is 17.2 Å². The SMILES string of the molecule is CS(=O)(=O)CCn1ccc(-c2cccs2)n1. The quantitative estimate of drug-likeness (QED) is 0.836. The molecule has 0 unspecified atom stereocenters. The summed E-state index contributed by atoms with van der Waals surface area (Å²) < 4.78 is 23.7. The lowest BCUT2D eigenvalue weighted by Crippen LogP contribution is -2.11. The minimum Gasteiger partial charge on any atom is -0.271 e. The van der Waals surface area contributed by atoms with E-state index in [0.29, 0.717) is 6.54 Å². The van der Waals surface area contributed by atoms with Crippen LogP contribution in [0.25, 0.3) is 10.6 Å². The number of aromatic nitrogens is 2. The van der Waals surface area contributed by atoms with E-state index in [2.05, 4.69) is 5.10 Å². The molecule has 2 aromatic heterocycles. The van der Waals surface area contributed by atoms with Crippen LogP contribution in [0.4, 0.5) is 0 Å². The fourth-order valence-electron chi connectivity index (χ4n) is 1.30. The van der Waals surface area contributed by atoms with Crippen LogP contribution in [0.1, 0.15) is 0 Å². The molecule has 0 spiro atoms. The lowest BCUT2D eigenvalue weighted by atomic mass is 10.3. The summed E-state index contributed by atoms with van der Waals surface area (Å²) in [6.07, 6.45) is 3.04. The zero-order valence-corrected chi connectivity index (χ0v) is 10.5. The van der Waals surface area contributed by atoms with Gasteiger partial charge in [-0.05, 0) is 17.5 Å². The van der Waals surface area contributed by atoms with E-state index >= 15 is 0 Å². The molecule has 86 valence electrons. The summed E-state index contributed by atoms with van der Waals surface area (Å²) in [6, 6.07) is 5.86. The third kappa shape index (κ3) is 2.93. The molecule has 0 aliphatic rings. The topological polar surface area (TPSA) is 52.0 Å². The molecule has 0 saturated carbocycles. The van der Waals surface area contributed by atoms with Crippen molar-refractivity contribution in [3.8, 4) is 10.6 Å². The van der Waals surface area contributed by atoms with Crippen LogP contribution in [0, 0.1) is 0 Å². The molecular formula is C10H12N2O2S2. The molecule has 0 atom stereocenters. The average Bonchev–Trinajstić information content (AvgIpc) is 2.84. The van der Waals surface area contributed by atoms with Gasteiger partial charge in [0.1, 0.15) is 15.5 Å². The predicted molar refractivity (Wildman–Crippen MR) is 65.3 cm³/mol. The van der Waals surface area contributed by atoms with Crippen molar-refractivity contribution in [3.63, 3.8) is 0 Å². The number of aryl methyl sites for hydroxylation is 1. The largest absolute Gasteiger partial charge is 0.271 e. The highest BCUT2D eigenvalue weighted by Crippen LogP contribution is 2.22. The summed E-state index contributed by atoms with van der Waals surface area (Å²) in [4.78, 5) is 1.10. The molecular weight excluding hydrogens is 244 g/mol. The number of sulfone groups is 1. The van der Waals surface area contributed by atoms with Gasteiger partial charge in [-0.1, -0.05) is 6.07 Å². The zero-order chi connectivity index (χ0) is 11.6. The normalized spacial score (nSPS) is 11.8. The molecule has 16 heavy (non-hydrogen) atoms. The summed E-state index contributed by atoms with van der Waals surface area (Å²) in [5.41, 5.74) is 0.892. The third-order valence-corrected chi connectivity index (χ3v) is 3.92. The van der Waals surface area contributed by atoms with Gasteiger partial charge in [0.15, 0.2) is 0 Å². The molecule has 0 aliphatic heterocycles. The first kappa shape index (κ1) is 11.3. The van der Waals surface area contributed by atoms with Crippen LogP contribution in [-0.2, 0) is 16.4 Å². The highest BCUT2D eigenvalue weighted by molar-refractivity contribution is 7.90. The number of nitrogens with zero attached hydrogens (tertiary/aromatic N) is 2. The lowest BCUT2D eigenvalue weighted by molar-refractivity contribution is 0.586. The van der Waals surface area contributed by atoms with Crippen molar-refractivity contribution in [1.82, 2.24) is 9.78 Å². The molecule has 2 rings (SSSR count). The Morgan fingerprint density at radius 3 is 2.88 bits per heavy atom. The first-order valence-corrected chi connectivity index (χ1v) is 7.74. The van der Waals surface area contributed by atoms with Crippen LogP contribution >= 0.6 is 11.3 Å². The molecule has 2 heterocycles. The van der Waals surface area contributed by atoms with Crippen LogP contribution in [0.2, 0.25) is 0 Å². The summed E-state index contributed by atoms with van der Waals surface area (Å²) >= 11 is 1.62. The van der Waals surface area contributed by atoms with Crippen molar-refractivity contribution in [2.24, 2.45) is 0 Å². The molecule has 4 nitrogen and oxygen atoms in total. The second kappa shape index (κ2) is 4.39. The molecule has 0 N–H and O–H groups in total. The van der Waals surface area contributed by atoms with Gasteiger partial charge >= 0.3 is 0 Å². The van der Waals surface area contributed by atoms with E-state index in [1.165, 1.54) is 6.26 Å². The van der Waals surface area contributed by atoms with Gasteiger partial charge in [-0.15, -0.1) is 11.3 Å². The van der Waals surface area contributed by atoms with Gasteiger partial charge in [-0.3, -0.25) is 4.68 Å². The second-order valence-electron chi connectivity index (χ2n) is 3.57. The second-order valence-corrected chi connectivity index (χ2v) is 6.78. The van der Waals surface area contributed by atoms with Gasteiger partial charge in [0, 0.05) is 12.5 Å². The summed E-state index contributed by atoms with van der Waals surface area (Å²) in [5.74, 6) is 0.124. The van der Waals surface area contributed by atoms with Crippen molar-refractivity contribution in [3.05, 3.63) is 29.8 Å². The minimum absolute atomic E-state index is 0.124. The first-order chi connectivity index (χ1) is 7.54. The van der Waals surface area contributed by atoms with E-state index in [9.17, 15) is 8.42 Å². The van der Waals surface area contributed by atoms with E-state index < -0.39 is 9.84 Å². The molecule has 0 radical (unpaired) electrons. The Kier molecular flexibility index (Phi) is 3.11. The smallest absolute Gasteiger partial charge is 0.149 e. The average molecular weight is 256 g/mol. The molecule has 0 amide bonds. The van der Waals surface area contributed by atoms with Gasteiger partial charge in [0.25, 0.3) is 0 Å². The Morgan fingerprint density at radius 2 is 2.25 bits per heavy atom. The fourth-order valence-corrected chi connectivity index (χ4v) is 2.51. The lowest BCUT2D eigenvalue weighted by Gasteiger charge is -1.99. The molecule has 2 aromatic rings. The maximum atomic E-state index is 11.0. The monoisotopic (exact) mass is 256 g/mol. The van der Waals surface area contributed by atoms with E-state index in [-0.39, 0.29) is 5.75 Å². The number of hydrogen-bond acceptors (Lipinski definition) is 4. The van der Waals surface area contributed by atoms with Crippen molar-refractivity contribution < 1.29 is 8.42 Å². The highest BCUT2D eigenvalue weighted by atomic mass is 32.2. The van der Waals surface area contributed by atoms with E-state index in [1.807, 2.05) is 23.6 Å². The van der Waals surface area contributed by atoms with Gasteiger partial charge in [-0.2, -0.15) is 5.10 Å². The Balaban J connectivity index is 2.09. The standard InChI is InChI=1S/C10H12N2O2S2/c1-16(13,14)8-6-12-5-4-9(11-12)10-3-2-7-15-10/h2-5,7H,6,8H2,1H3. The zero-order valence-electron chi connectivity index (χ0n) is 8.83.